The largest absolute Gasteiger partial charge is 0.386 e. The van der Waals surface area contributed by atoms with Crippen LogP contribution >= 0.6 is 0 Å². The third-order valence-electron chi connectivity index (χ3n) is 4.26. The molecule has 0 saturated carbocycles. The molecule has 0 N–H and O–H groups in total. The number of cyclic esters (lactones) is 2. The SMILES string of the molecule is CC(C)(C)Cc1cc2c3c(cc(CC(C)(C)C)cc3c1)C(=O)OC2=O. The van der Waals surface area contributed by atoms with E-state index in [1.165, 1.54) is 0 Å². The van der Waals surface area contributed by atoms with Gasteiger partial charge in [-0.2, -0.15) is 0 Å². The highest BCUT2D eigenvalue weighted by Crippen LogP contribution is 2.34. The summed E-state index contributed by atoms with van der Waals surface area (Å²) in [5, 5.41) is 1.69. The lowest BCUT2D eigenvalue weighted by Gasteiger charge is -2.23. The molecule has 132 valence electrons. The molecule has 0 bridgehead atoms. The van der Waals surface area contributed by atoms with Crippen LogP contribution in [0.1, 0.15) is 73.4 Å². The molecule has 1 aliphatic rings. The average Bonchev–Trinajstić information content (AvgIpc) is 2.40. The van der Waals surface area contributed by atoms with Crippen LogP contribution in [0.2, 0.25) is 0 Å². The van der Waals surface area contributed by atoms with Crippen molar-refractivity contribution in [1.29, 1.82) is 0 Å². The quantitative estimate of drug-likeness (QED) is 0.549. The van der Waals surface area contributed by atoms with E-state index in [0.717, 1.165) is 34.7 Å². The van der Waals surface area contributed by atoms with Crippen molar-refractivity contribution in [3.8, 4) is 0 Å². The van der Waals surface area contributed by atoms with Crippen LogP contribution in [-0.4, -0.2) is 11.9 Å². The third-order valence-corrected chi connectivity index (χ3v) is 4.26. The van der Waals surface area contributed by atoms with Gasteiger partial charge in [-0.1, -0.05) is 53.7 Å². The number of carbonyl (C=O) groups excluding carboxylic acids is 2. The number of benzene rings is 2. The molecule has 3 heteroatoms. The molecule has 1 aliphatic heterocycles. The molecular formula is C22H26O3. The Morgan fingerprint density at radius 3 is 1.48 bits per heavy atom. The molecule has 0 spiro atoms. The van der Waals surface area contributed by atoms with E-state index < -0.39 is 11.9 Å². The molecule has 2 aromatic rings. The van der Waals surface area contributed by atoms with E-state index in [2.05, 4.69) is 53.7 Å². The highest BCUT2D eigenvalue weighted by atomic mass is 16.6. The molecule has 0 atom stereocenters. The molecule has 3 nitrogen and oxygen atoms in total. The third kappa shape index (κ3) is 3.76. The summed E-state index contributed by atoms with van der Waals surface area (Å²) >= 11 is 0. The standard InChI is InChI=1S/C22H26O3/c1-21(2,3)11-13-7-15-8-14(12-22(4,5)6)10-17-18(15)16(9-13)19(23)25-20(17)24/h7-10H,11-12H2,1-6H3. The predicted octanol–water partition coefficient (Wildman–Crippen LogP) is 5.33. The molecule has 2 aromatic carbocycles. The molecule has 25 heavy (non-hydrogen) atoms. The maximum atomic E-state index is 12.3. The molecule has 0 aromatic heterocycles. The predicted molar refractivity (Wildman–Crippen MR) is 100 cm³/mol. The van der Waals surface area contributed by atoms with Crippen molar-refractivity contribution in [2.75, 3.05) is 0 Å². The fraction of sp³-hybridized carbons (Fsp3) is 0.455. The Hall–Kier alpha value is -2.16. The Morgan fingerprint density at radius 2 is 1.12 bits per heavy atom. The normalized spacial score (nSPS) is 14.8. The van der Waals surface area contributed by atoms with Gasteiger partial charge in [-0.25, -0.2) is 9.59 Å². The zero-order valence-electron chi connectivity index (χ0n) is 15.9. The van der Waals surface area contributed by atoms with E-state index in [0.29, 0.717) is 11.1 Å². The highest BCUT2D eigenvalue weighted by Gasteiger charge is 2.29. The summed E-state index contributed by atoms with van der Waals surface area (Å²) in [5.41, 5.74) is 3.43. The summed E-state index contributed by atoms with van der Waals surface area (Å²) in [4.78, 5) is 24.5. The first kappa shape index (κ1) is 17.7. The molecule has 0 aliphatic carbocycles. The summed E-state index contributed by atoms with van der Waals surface area (Å²) in [5.74, 6) is -1.08. The van der Waals surface area contributed by atoms with E-state index in [4.69, 9.17) is 4.74 Å². The van der Waals surface area contributed by atoms with Gasteiger partial charge in [0.05, 0.1) is 11.1 Å². The maximum absolute atomic E-state index is 12.3. The lowest BCUT2D eigenvalue weighted by atomic mass is 9.83. The molecule has 0 radical (unpaired) electrons. The fourth-order valence-corrected chi connectivity index (χ4v) is 3.59. The molecule has 0 fully saturated rings. The molecule has 1 heterocycles. The highest BCUT2D eigenvalue weighted by molar-refractivity contribution is 6.21. The first-order valence-corrected chi connectivity index (χ1v) is 8.79. The van der Waals surface area contributed by atoms with Crippen LogP contribution in [0, 0.1) is 10.8 Å². The zero-order chi connectivity index (χ0) is 18.6. The van der Waals surface area contributed by atoms with Gasteiger partial charge in [0, 0.05) is 5.39 Å². The average molecular weight is 338 g/mol. The van der Waals surface area contributed by atoms with Gasteiger partial charge in [0.2, 0.25) is 0 Å². The number of carbonyl (C=O) groups is 2. The van der Waals surface area contributed by atoms with E-state index >= 15 is 0 Å². The van der Waals surface area contributed by atoms with Crippen molar-refractivity contribution >= 4 is 22.7 Å². The van der Waals surface area contributed by atoms with Crippen LogP contribution in [0.4, 0.5) is 0 Å². The Morgan fingerprint density at radius 1 is 0.720 bits per heavy atom. The topological polar surface area (TPSA) is 43.4 Å². The minimum Gasteiger partial charge on any atom is -0.386 e. The number of ether oxygens (including phenoxy) is 1. The molecule has 0 unspecified atom stereocenters. The van der Waals surface area contributed by atoms with Gasteiger partial charge in [0.25, 0.3) is 0 Å². The Bertz CT molecular complexity index is 808. The van der Waals surface area contributed by atoms with Crippen LogP contribution in [0.5, 0.6) is 0 Å². The fourth-order valence-electron chi connectivity index (χ4n) is 3.59. The van der Waals surface area contributed by atoms with E-state index in [1.54, 1.807) is 0 Å². The van der Waals surface area contributed by atoms with Crippen LogP contribution in [0.15, 0.2) is 24.3 Å². The molecule has 0 saturated heterocycles. The van der Waals surface area contributed by atoms with Gasteiger partial charge >= 0.3 is 11.9 Å². The second-order valence-electron chi connectivity index (χ2n) is 9.54. The summed E-state index contributed by atoms with van der Waals surface area (Å²) in [7, 11) is 0. The minimum atomic E-state index is -0.540. The summed E-state index contributed by atoms with van der Waals surface area (Å²) < 4.78 is 5.00. The van der Waals surface area contributed by atoms with Crippen LogP contribution in [0.3, 0.4) is 0 Å². The second-order valence-corrected chi connectivity index (χ2v) is 9.54. The van der Waals surface area contributed by atoms with Crippen molar-refractivity contribution in [1.82, 2.24) is 0 Å². The van der Waals surface area contributed by atoms with Gasteiger partial charge in [0.1, 0.15) is 0 Å². The van der Waals surface area contributed by atoms with E-state index in [1.807, 2.05) is 12.1 Å². The number of hydrogen-bond acceptors (Lipinski definition) is 3. The molecular weight excluding hydrogens is 312 g/mol. The van der Waals surface area contributed by atoms with Gasteiger partial charge in [-0.3, -0.25) is 0 Å². The summed E-state index contributed by atoms with van der Waals surface area (Å²) in [6.45, 7) is 13.0. The maximum Gasteiger partial charge on any atom is 0.346 e. The number of esters is 2. The second kappa shape index (κ2) is 5.69. The van der Waals surface area contributed by atoms with E-state index in [-0.39, 0.29) is 10.8 Å². The van der Waals surface area contributed by atoms with Crippen molar-refractivity contribution < 1.29 is 14.3 Å². The van der Waals surface area contributed by atoms with E-state index in [9.17, 15) is 9.59 Å². The number of hydrogen-bond donors (Lipinski definition) is 0. The summed E-state index contributed by atoms with van der Waals surface area (Å²) in [6.07, 6.45) is 1.71. The Balaban J connectivity index is 2.25. The first-order valence-electron chi connectivity index (χ1n) is 8.79. The minimum absolute atomic E-state index is 0.112. The smallest absolute Gasteiger partial charge is 0.346 e. The van der Waals surface area contributed by atoms with Crippen LogP contribution < -0.4 is 0 Å². The van der Waals surface area contributed by atoms with Crippen molar-refractivity contribution in [2.45, 2.75) is 54.4 Å². The monoisotopic (exact) mass is 338 g/mol. The zero-order valence-corrected chi connectivity index (χ0v) is 15.9. The van der Waals surface area contributed by atoms with Gasteiger partial charge in [0.15, 0.2) is 0 Å². The van der Waals surface area contributed by atoms with Gasteiger partial charge < -0.3 is 4.74 Å². The summed E-state index contributed by atoms with van der Waals surface area (Å²) in [6, 6.07) is 8.00. The lowest BCUT2D eigenvalue weighted by Crippen LogP contribution is -2.21. The molecule has 0 amide bonds. The number of rotatable bonds is 2. The van der Waals surface area contributed by atoms with Crippen LogP contribution in [0.25, 0.3) is 10.8 Å². The van der Waals surface area contributed by atoms with Crippen molar-refractivity contribution in [3.05, 3.63) is 46.5 Å². The van der Waals surface area contributed by atoms with Crippen molar-refractivity contribution in [2.24, 2.45) is 10.8 Å². The van der Waals surface area contributed by atoms with Gasteiger partial charge in [-0.05, 0) is 52.3 Å². The van der Waals surface area contributed by atoms with Crippen LogP contribution in [-0.2, 0) is 17.6 Å². The Labute approximate surface area is 149 Å². The van der Waals surface area contributed by atoms with Gasteiger partial charge in [-0.15, -0.1) is 0 Å². The molecule has 3 rings (SSSR count). The Kier molecular flexibility index (Phi) is 4.02. The first-order chi connectivity index (χ1) is 11.4. The lowest BCUT2D eigenvalue weighted by molar-refractivity contribution is 0.0391. The van der Waals surface area contributed by atoms with Crippen molar-refractivity contribution in [3.63, 3.8) is 0 Å².